The molecule has 106 valence electrons. The highest BCUT2D eigenvalue weighted by atomic mass is 32.2. The minimum Gasteiger partial charge on any atom is -0.382 e. The van der Waals surface area contributed by atoms with Gasteiger partial charge in [-0.1, -0.05) is 38.2 Å². The van der Waals surface area contributed by atoms with Gasteiger partial charge in [0.25, 0.3) is 0 Å². The van der Waals surface area contributed by atoms with E-state index in [-0.39, 0.29) is 4.90 Å². The SMILES string of the molecule is NS(=O)(=O)c1cccc(NC2CCCCCCC2)c1. The second-order valence-corrected chi connectivity index (χ2v) is 6.82. The van der Waals surface area contributed by atoms with Crippen LogP contribution >= 0.6 is 0 Å². The first-order valence-corrected chi connectivity index (χ1v) is 8.50. The van der Waals surface area contributed by atoms with Crippen molar-refractivity contribution in [1.29, 1.82) is 0 Å². The van der Waals surface area contributed by atoms with Gasteiger partial charge in [0.15, 0.2) is 0 Å². The van der Waals surface area contributed by atoms with E-state index in [0.29, 0.717) is 6.04 Å². The lowest BCUT2D eigenvalue weighted by molar-refractivity contribution is 0.471. The lowest BCUT2D eigenvalue weighted by Crippen LogP contribution is -2.21. The number of nitrogens with two attached hydrogens (primary N) is 1. The van der Waals surface area contributed by atoms with Gasteiger partial charge in [0.2, 0.25) is 10.0 Å². The van der Waals surface area contributed by atoms with Crippen molar-refractivity contribution < 1.29 is 8.42 Å². The van der Waals surface area contributed by atoms with Crippen LogP contribution in [-0.2, 0) is 10.0 Å². The van der Waals surface area contributed by atoms with Gasteiger partial charge in [-0.15, -0.1) is 0 Å². The monoisotopic (exact) mass is 282 g/mol. The van der Waals surface area contributed by atoms with Crippen LogP contribution in [0.4, 0.5) is 5.69 Å². The molecule has 1 saturated carbocycles. The summed E-state index contributed by atoms with van der Waals surface area (Å²) in [5.74, 6) is 0. The first-order valence-electron chi connectivity index (χ1n) is 6.95. The number of anilines is 1. The fourth-order valence-corrected chi connectivity index (χ4v) is 3.16. The molecule has 0 spiro atoms. The number of hydrogen-bond donors (Lipinski definition) is 2. The Labute approximate surface area is 115 Å². The third-order valence-electron chi connectivity index (χ3n) is 3.64. The van der Waals surface area contributed by atoms with E-state index < -0.39 is 10.0 Å². The first-order chi connectivity index (χ1) is 9.05. The largest absolute Gasteiger partial charge is 0.382 e. The molecule has 5 heteroatoms. The van der Waals surface area contributed by atoms with E-state index in [1.54, 1.807) is 12.1 Å². The standard InChI is InChI=1S/C14H22N2O2S/c15-19(17,18)14-10-6-9-13(11-14)16-12-7-4-2-1-3-5-8-12/h6,9-12,16H,1-5,7-8H2,(H2,15,17,18). The third-order valence-corrected chi connectivity index (χ3v) is 4.55. The molecule has 0 radical (unpaired) electrons. The highest BCUT2D eigenvalue weighted by Crippen LogP contribution is 2.22. The van der Waals surface area contributed by atoms with E-state index in [9.17, 15) is 8.42 Å². The van der Waals surface area contributed by atoms with Crippen LogP contribution in [0.5, 0.6) is 0 Å². The molecule has 4 nitrogen and oxygen atoms in total. The average molecular weight is 282 g/mol. The molecule has 1 fully saturated rings. The number of nitrogens with one attached hydrogen (secondary N) is 1. The average Bonchev–Trinajstić information content (AvgIpc) is 2.32. The van der Waals surface area contributed by atoms with Gasteiger partial charge < -0.3 is 5.32 Å². The van der Waals surface area contributed by atoms with Crippen LogP contribution in [0.3, 0.4) is 0 Å². The molecule has 0 atom stereocenters. The van der Waals surface area contributed by atoms with E-state index in [4.69, 9.17) is 5.14 Å². The van der Waals surface area contributed by atoms with Crippen molar-refractivity contribution in [3.05, 3.63) is 24.3 Å². The van der Waals surface area contributed by atoms with E-state index in [2.05, 4.69) is 5.32 Å². The van der Waals surface area contributed by atoms with Gasteiger partial charge in [-0.3, -0.25) is 0 Å². The van der Waals surface area contributed by atoms with Crippen molar-refractivity contribution in [3.63, 3.8) is 0 Å². The molecule has 1 aromatic carbocycles. The summed E-state index contributed by atoms with van der Waals surface area (Å²) >= 11 is 0. The summed E-state index contributed by atoms with van der Waals surface area (Å²) in [5.41, 5.74) is 0.845. The molecule has 0 aromatic heterocycles. The maximum absolute atomic E-state index is 11.3. The van der Waals surface area contributed by atoms with Crippen molar-refractivity contribution in [2.75, 3.05) is 5.32 Å². The summed E-state index contributed by atoms with van der Waals surface area (Å²) < 4.78 is 22.7. The quantitative estimate of drug-likeness (QED) is 0.895. The Morgan fingerprint density at radius 2 is 1.68 bits per heavy atom. The fourth-order valence-electron chi connectivity index (χ4n) is 2.60. The summed E-state index contributed by atoms with van der Waals surface area (Å²) in [6.07, 6.45) is 8.73. The molecule has 0 heterocycles. The summed E-state index contributed by atoms with van der Waals surface area (Å²) in [7, 11) is -3.62. The molecule has 1 aliphatic rings. The van der Waals surface area contributed by atoms with Crippen LogP contribution < -0.4 is 10.5 Å². The maximum Gasteiger partial charge on any atom is 0.238 e. The fraction of sp³-hybridized carbons (Fsp3) is 0.571. The Morgan fingerprint density at radius 1 is 1.05 bits per heavy atom. The number of rotatable bonds is 3. The van der Waals surface area contributed by atoms with Gasteiger partial charge in [-0.2, -0.15) is 0 Å². The third kappa shape index (κ3) is 4.51. The first kappa shape index (κ1) is 14.3. The van der Waals surface area contributed by atoms with Crippen molar-refractivity contribution in [1.82, 2.24) is 0 Å². The number of sulfonamides is 1. The highest BCUT2D eigenvalue weighted by Gasteiger charge is 2.13. The number of primary sulfonamides is 1. The van der Waals surface area contributed by atoms with Crippen LogP contribution in [0.2, 0.25) is 0 Å². The van der Waals surface area contributed by atoms with E-state index >= 15 is 0 Å². The highest BCUT2D eigenvalue weighted by molar-refractivity contribution is 7.89. The van der Waals surface area contributed by atoms with Gasteiger partial charge >= 0.3 is 0 Å². The Bertz CT molecular complexity index is 506. The van der Waals surface area contributed by atoms with Crippen molar-refractivity contribution in [2.45, 2.75) is 55.9 Å². The van der Waals surface area contributed by atoms with Crippen molar-refractivity contribution in [3.8, 4) is 0 Å². The summed E-state index contributed by atoms with van der Waals surface area (Å²) in [6.45, 7) is 0. The molecular weight excluding hydrogens is 260 g/mol. The second kappa shape index (κ2) is 6.39. The molecule has 0 unspecified atom stereocenters. The zero-order valence-corrected chi connectivity index (χ0v) is 12.0. The van der Waals surface area contributed by atoms with Crippen LogP contribution in [0.25, 0.3) is 0 Å². The lowest BCUT2D eigenvalue weighted by atomic mass is 9.96. The Morgan fingerprint density at radius 3 is 2.32 bits per heavy atom. The van der Waals surface area contributed by atoms with Crippen molar-refractivity contribution >= 4 is 15.7 Å². The Balaban J connectivity index is 2.05. The molecule has 0 bridgehead atoms. The van der Waals surface area contributed by atoms with Gasteiger partial charge in [0, 0.05) is 11.7 Å². The molecule has 3 N–H and O–H groups in total. The van der Waals surface area contributed by atoms with Crippen LogP contribution in [0, 0.1) is 0 Å². The van der Waals surface area contributed by atoms with Crippen LogP contribution in [0.15, 0.2) is 29.2 Å². The summed E-state index contributed by atoms with van der Waals surface area (Å²) in [4.78, 5) is 0.170. The van der Waals surface area contributed by atoms with E-state index in [0.717, 1.165) is 18.5 Å². The second-order valence-electron chi connectivity index (χ2n) is 5.26. The van der Waals surface area contributed by atoms with Gasteiger partial charge in [0.1, 0.15) is 0 Å². The smallest absolute Gasteiger partial charge is 0.238 e. The van der Waals surface area contributed by atoms with Crippen molar-refractivity contribution in [2.24, 2.45) is 5.14 Å². The normalized spacial score (nSPS) is 18.6. The Kier molecular flexibility index (Phi) is 4.82. The topological polar surface area (TPSA) is 72.2 Å². The van der Waals surface area contributed by atoms with Gasteiger partial charge in [0.05, 0.1) is 4.90 Å². The zero-order valence-electron chi connectivity index (χ0n) is 11.1. The minimum absolute atomic E-state index is 0.170. The van der Waals surface area contributed by atoms with Gasteiger partial charge in [-0.25, -0.2) is 13.6 Å². The minimum atomic E-state index is -3.62. The zero-order chi connectivity index (χ0) is 13.7. The van der Waals surface area contributed by atoms with Crippen LogP contribution in [-0.4, -0.2) is 14.5 Å². The molecule has 19 heavy (non-hydrogen) atoms. The maximum atomic E-state index is 11.3. The molecule has 1 aromatic rings. The summed E-state index contributed by atoms with van der Waals surface area (Å²) in [5, 5.41) is 8.59. The predicted molar refractivity (Wildman–Crippen MR) is 77.5 cm³/mol. The van der Waals surface area contributed by atoms with Crippen LogP contribution in [0.1, 0.15) is 44.9 Å². The molecule has 0 aliphatic heterocycles. The van der Waals surface area contributed by atoms with E-state index in [1.165, 1.54) is 38.2 Å². The number of benzene rings is 1. The lowest BCUT2D eigenvalue weighted by Gasteiger charge is -2.22. The molecular formula is C14H22N2O2S. The Hall–Kier alpha value is -1.07. The molecule has 0 amide bonds. The summed E-state index contributed by atoms with van der Waals surface area (Å²) in [6, 6.07) is 7.21. The predicted octanol–water partition coefficient (Wildman–Crippen LogP) is 2.86. The number of hydrogen-bond acceptors (Lipinski definition) is 3. The molecule has 1 aliphatic carbocycles. The van der Waals surface area contributed by atoms with Gasteiger partial charge in [-0.05, 0) is 31.0 Å². The van der Waals surface area contributed by atoms with E-state index in [1.807, 2.05) is 6.07 Å². The molecule has 0 saturated heterocycles. The molecule has 2 rings (SSSR count).